The van der Waals surface area contributed by atoms with Crippen LogP contribution in [0, 0.1) is 11.7 Å². The van der Waals surface area contributed by atoms with Gasteiger partial charge < -0.3 is 10.4 Å². The first-order chi connectivity index (χ1) is 9.65. The molecule has 5 heteroatoms. The highest BCUT2D eigenvalue weighted by Gasteiger charge is 2.25. The van der Waals surface area contributed by atoms with E-state index in [9.17, 15) is 14.3 Å². The van der Waals surface area contributed by atoms with Crippen LogP contribution in [0.3, 0.4) is 0 Å². The van der Waals surface area contributed by atoms with Crippen molar-refractivity contribution in [3.8, 4) is 0 Å². The van der Waals surface area contributed by atoms with Gasteiger partial charge in [-0.15, -0.1) is 0 Å². The number of aliphatic hydroxyl groups is 1. The summed E-state index contributed by atoms with van der Waals surface area (Å²) in [6, 6.07) is 3.22. The average molecular weight is 278 g/mol. The zero-order chi connectivity index (χ0) is 14.1. The summed E-state index contributed by atoms with van der Waals surface area (Å²) >= 11 is 0. The van der Waals surface area contributed by atoms with Crippen LogP contribution in [0.25, 0.3) is 0 Å². The first-order valence-electron chi connectivity index (χ1n) is 7.10. The molecule has 1 aromatic rings. The monoisotopic (exact) mass is 278 g/mol. The Morgan fingerprint density at radius 2 is 2.20 bits per heavy atom. The molecule has 2 aliphatic rings. The van der Waals surface area contributed by atoms with E-state index in [1.165, 1.54) is 6.07 Å². The van der Waals surface area contributed by atoms with Crippen LogP contribution in [0.1, 0.15) is 17.5 Å². The molecule has 3 rings (SSSR count). The van der Waals surface area contributed by atoms with E-state index in [0.29, 0.717) is 30.6 Å². The second-order valence-corrected chi connectivity index (χ2v) is 5.73. The van der Waals surface area contributed by atoms with E-state index in [2.05, 4.69) is 10.2 Å². The number of hydrogen-bond acceptors (Lipinski definition) is 3. The van der Waals surface area contributed by atoms with Crippen molar-refractivity contribution in [1.82, 2.24) is 4.90 Å². The minimum Gasteiger partial charge on any atom is -0.396 e. The predicted molar refractivity (Wildman–Crippen MR) is 74.1 cm³/mol. The van der Waals surface area contributed by atoms with E-state index in [0.717, 1.165) is 25.1 Å². The second kappa shape index (κ2) is 5.50. The Bertz CT molecular complexity index is 529. The SMILES string of the molecule is O=C(CN1CCC1)Nc1cc(F)c2c(c1)CC(CO)C2. The van der Waals surface area contributed by atoms with Crippen molar-refractivity contribution >= 4 is 11.6 Å². The minimum atomic E-state index is -0.280. The van der Waals surface area contributed by atoms with Gasteiger partial charge in [0, 0.05) is 12.3 Å². The average Bonchev–Trinajstić information content (AvgIpc) is 2.77. The molecule has 1 aliphatic carbocycles. The predicted octanol–water partition coefficient (Wildman–Crippen LogP) is 1.18. The molecule has 0 saturated carbocycles. The molecular weight excluding hydrogens is 259 g/mol. The van der Waals surface area contributed by atoms with Gasteiger partial charge in [-0.05, 0) is 61.5 Å². The maximum absolute atomic E-state index is 14.0. The van der Waals surface area contributed by atoms with Crippen molar-refractivity contribution in [1.29, 1.82) is 0 Å². The molecule has 4 nitrogen and oxygen atoms in total. The summed E-state index contributed by atoms with van der Waals surface area (Å²) in [5.74, 6) is -0.273. The minimum absolute atomic E-state index is 0.0742. The Hall–Kier alpha value is -1.46. The van der Waals surface area contributed by atoms with E-state index >= 15 is 0 Å². The van der Waals surface area contributed by atoms with E-state index in [-0.39, 0.29) is 24.2 Å². The fourth-order valence-corrected chi connectivity index (χ4v) is 2.92. The van der Waals surface area contributed by atoms with Gasteiger partial charge in [0.15, 0.2) is 0 Å². The number of carbonyl (C=O) groups is 1. The van der Waals surface area contributed by atoms with Gasteiger partial charge in [0.25, 0.3) is 0 Å². The summed E-state index contributed by atoms with van der Waals surface area (Å²) in [5.41, 5.74) is 2.11. The van der Waals surface area contributed by atoms with Crippen LogP contribution in [-0.2, 0) is 17.6 Å². The number of benzene rings is 1. The Balaban J connectivity index is 1.68. The summed E-state index contributed by atoms with van der Waals surface area (Å²) in [6.07, 6.45) is 2.40. The molecule has 1 amide bonds. The standard InChI is InChI=1S/C15H19FN2O2/c16-14-7-12(17-15(20)8-18-2-1-3-18)6-11-4-10(9-19)5-13(11)14/h6-7,10,19H,1-5,8-9H2,(H,17,20). The van der Waals surface area contributed by atoms with E-state index in [4.69, 9.17) is 0 Å². The molecule has 20 heavy (non-hydrogen) atoms. The lowest BCUT2D eigenvalue weighted by molar-refractivity contribution is -0.118. The number of aliphatic hydroxyl groups excluding tert-OH is 1. The zero-order valence-corrected chi connectivity index (χ0v) is 11.4. The number of fused-ring (bicyclic) bond motifs is 1. The maximum atomic E-state index is 14.0. The molecule has 0 radical (unpaired) electrons. The van der Waals surface area contributed by atoms with E-state index < -0.39 is 0 Å². The van der Waals surface area contributed by atoms with Crippen molar-refractivity contribution in [2.75, 3.05) is 31.6 Å². The van der Waals surface area contributed by atoms with Crippen LogP contribution in [0.15, 0.2) is 12.1 Å². The number of carbonyl (C=O) groups excluding carboxylic acids is 1. The van der Waals surface area contributed by atoms with Crippen LogP contribution in [0.2, 0.25) is 0 Å². The summed E-state index contributed by atoms with van der Waals surface area (Å²) in [6.45, 7) is 2.37. The molecule has 1 atom stereocenters. The van der Waals surface area contributed by atoms with Gasteiger partial charge in [-0.25, -0.2) is 4.39 Å². The van der Waals surface area contributed by atoms with Crippen LogP contribution in [0.5, 0.6) is 0 Å². The lowest BCUT2D eigenvalue weighted by Gasteiger charge is -2.29. The fraction of sp³-hybridized carbons (Fsp3) is 0.533. The lowest BCUT2D eigenvalue weighted by atomic mass is 10.1. The Morgan fingerprint density at radius 3 is 2.85 bits per heavy atom. The summed E-state index contributed by atoms with van der Waals surface area (Å²) in [4.78, 5) is 13.9. The summed E-state index contributed by atoms with van der Waals surface area (Å²) < 4.78 is 14.0. The van der Waals surface area contributed by atoms with Gasteiger partial charge in [0.2, 0.25) is 5.91 Å². The third-order valence-corrected chi connectivity index (χ3v) is 4.15. The number of likely N-dealkylation sites (tertiary alicyclic amines) is 1. The largest absolute Gasteiger partial charge is 0.396 e. The zero-order valence-electron chi connectivity index (χ0n) is 11.4. The number of nitrogens with zero attached hydrogens (tertiary/aromatic N) is 1. The first-order valence-corrected chi connectivity index (χ1v) is 7.10. The van der Waals surface area contributed by atoms with Gasteiger partial charge >= 0.3 is 0 Å². The van der Waals surface area contributed by atoms with Crippen LogP contribution >= 0.6 is 0 Å². The number of anilines is 1. The normalized spacial score (nSPS) is 21.4. The van der Waals surface area contributed by atoms with Crippen molar-refractivity contribution in [3.63, 3.8) is 0 Å². The quantitative estimate of drug-likeness (QED) is 0.869. The summed E-state index contributed by atoms with van der Waals surface area (Å²) in [7, 11) is 0. The number of rotatable bonds is 4. The molecule has 1 aromatic carbocycles. The van der Waals surface area contributed by atoms with E-state index in [1.54, 1.807) is 0 Å². The van der Waals surface area contributed by atoms with Crippen molar-refractivity contribution in [2.45, 2.75) is 19.3 Å². The maximum Gasteiger partial charge on any atom is 0.238 e. The Morgan fingerprint density at radius 1 is 1.40 bits per heavy atom. The highest BCUT2D eigenvalue weighted by Crippen LogP contribution is 2.31. The third-order valence-electron chi connectivity index (χ3n) is 4.15. The van der Waals surface area contributed by atoms with Crippen molar-refractivity contribution in [2.24, 2.45) is 5.92 Å². The molecule has 108 valence electrons. The van der Waals surface area contributed by atoms with Crippen LogP contribution in [-0.4, -0.2) is 42.2 Å². The van der Waals surface area contributed by atoms with Crippen molar-refractivity contribution < 1.29 is 14.3 Å². The molecule has 0 spiro atoms. The number of amides is 1. The van der Waals surface area contributed by atoms with Crippen LogP contribution < -0.4 is 5.32 Å². The highest BCUT2D eigenvalue weighted by atomic mass is 19.1. The van der Waals surface area contributed by atoms with Gasteiger partial charge in [0.1, 0.15) is 5.82 Å². The molecule has 1 heterocycles. The second-order valence-electron chi connectivity index (χ2n) is 5.73. The number of hydrogen-bond donors (Lipinski definition) is 2. The number of halogens is 1. The fourth-order valence-electron chi connectivity index (χ4n) is 2.92. The molecule has 1 unspecified atom stereocenters. The first kappa shape index (κ1) is 13.5. The van der Waals surface area contributed by atoms with Gasteiger partial charge in [-0.2, -0.15) is 0 Å². The molecular formula is C15H19FN2O2. The third kappa shape index (κ3) is 2.69. The number of nitrogens with one attached hydrogen (secondary N) is 1. The molecule has 2 N–H and O–H groups in total. The smallest absolute Gasteiger partial charge is 0.238 e. The van der Waals surface area contributed by atoms with Gasteiger partial charge in [-0.3, -0.25) is 9.69 Å². The van der Waals surface area contributed by atoms with Gasteiger partial charge in [0.05, 0.1) is 6.54 Å². The molecule has 1 fully saturated rings. The lowest BCUT2D eigenvalue weighted by Crippen LogP contribution is -2.42. The molecule has 0 aromatic heterocycles. The topological polar surface area (TPSA) is 52.6 Å². The van der Waals surface area contributed by atoms with E-state index in [1.807, 2.05) is 6.07 Å². The Kier molecular flexibility index (Phi) is 3.72. The Labute approximate surface area is 117 Å². The summed E-state index contributed by atoms with van der Waals surface area (Å²) in [5, 5.41) is 11.9. The molecule has 0 bridgehead atoms. The molecule has 1 saturated heterocycles. The molecule has 1 aliphatic heterocycles. The highest BCUT2D eigenvalue weighted by molar-refractivity contribution is 5.92. The van der Waals surface area contributed by atoms with Crippen molar-refractivity contribution in [3.05, 3.63) is 29.1 Å². The van der Waals surface area contributed by atoms with Crippen LogP contribution in [0.4, 0.5) is 10.1 Å². The van der Waals surface area contributed by atoms with Gasteiger partial charge in [-0.1, -0.05) is 0 Å².